The van der Waals surface area contributed by atoms with Gasteiger partial charge in [-0.05, 0) is 61.4 Å². The molecule has 7 heteroatoms. The number of amides is 2. The molecule has 0 saturated carbocycles. The van der Waals surface area contributed by atoms with E-state index in [-0.39, 0.29) is 6.10 Å². The van der Waals surface area contributed by atoms with E-state index < -0.39 is 17.8 Å². The number of carbonyl (C=O) groups excluding carboxylic acids is 3. The van der Waals surface area contributed by atoms with Crippen LogP contribution in [0.15, 0.2) is 131 Å². The van der Waals surface area contributed by atoms with E-state index in [1.165, 1.54) is 16.7 Å². The Hall–Kier alpha value is -4.62. The molecule has 0 unspecified atom stereocenters. The average Bonchev–Trinajstić information content (AvgIpc) is 3.22. The third kappa shape index (κ3) is 6.58. The van der Waals surface area contributed by atoms with E-state index in [2.05, 4.69) is 0 Å². The minimum atomic E-state index is -0.457. The second-order valence-corrected chi connectivity index (χ2v) is 11.0. The Morgan fingerprint density at radius 3 is 1.76 bits per heavy atom. The van der Waals surface area contributed by atoms with E-state index in [1.807, 2.05) is 95.9 Å². The molecule has 0 fully saturated rings. The van der Waals surface area contributed by atoms with Crippen LogP contribution in [0.4, 0.5) is 5.69 Å². The van der Waals surface area contributed by atoms with Gasteiger partial charge in [-0.25, -0.2) is 9.69 Å². The summed E-state index contributed by atoms with van der Waals surface area (Å²) in [6.07, 6.45) is -0.256. The van der Waals surface area contributed by atoms with E-state index in [0.29, 0.717) is 34.9 Å². The first kappa shape index (κ1) is 27.9. The number of hydrogen-bond acceptors (Lipinski definition) is 6. The largest absolute Gasteiger partial charge is 0.459 e. The highest BCUT2D eigenvalue weighted by Crippen LogP contribution is 2.39. The summed E-state index contributed by atoms with van der Waals surface area (Å²) in [4.78, 5) is 45.0. The van der Waals surface area contributed by atoms with Crippen LogP contribution in [0.2, 0.25) is 0 Å². The molecule has 1 aliphatic heterocycles. The molecule has 4 aromatic rings. The van der Waals surface area contributed by atoms with Crippen molar-refractivity contribution in [3.63, 3.8) is 0 Å². The van der Waals surface area contributed by atoms with Crippen LogP contribution < -0.4 is 4.90 Å². The molecule has 0 aliphatic carbocycles. The van der Waals surface area contributed by atoms with Crippen LogP contribution in [-0.2, 0) is 27.4 Å². The summed E-state index contributed by atoms with van der Waals surface area (Å²) in [6, 6.07) is 35.7. The van der Waals surface area contributed by atoms with Gasteiger partial charge in [0, 0.05) is 18.0 Å². The van der Waals surface area contributed by atoms with E-state index >= 15 is 0 Å². The van der Waals surface area contributed by atoms with Gasteiger partial charge in [-0.15, -0.1) is 0 Å². The third-order valence-electron chi connectivity index (χ3n) is 6.43. The zero-order chi connectivity index (χ0) is 28.8. The van der Waals surface area contributed by atoms with Crippen molar-refractivity contribution in [3.8, 4) is 0 Å². The number of anilines is 1. The predicted molar refractivity (Wildman–Crippen MR) is 161 cm³/mol. The lowest BCUT2D eigenvalue weighted by atomic mass is 10.1. The second-order valence-electron chi connectivity index (χ2n) is 9.87. The minimum Gasteiger partial charge on any atom is -0.459 e. The Balaban J connectivity index is 1.55. The number of rotatable bonds is 10. The fourth-order valence-corrected chi connectivity index (χ4v) is 5.58. The molecule has 206 valence electrons. The van der Waals surface area contributed by atoms with Crippen molar-refractivity contribution in [1.29, 1.82) is 0 Å². The van der Waals surface area contributed by atoms with Crippen LogP contribution in [0, 0.1) is 0 Å². The first-order chi connectivity index (χ1) is 19.9. The van der Waals surface area contributed by atoms with Crippen LogP contribution in [0.1, 0.15) is 35.3 Å². The van der Waals surface area contributed by atoms with E-state index in [0.717, 1.165) is 16.0 Å². The third-order valence-corrected chi connectivity index (χ3v) is 7.51. The number of ether oxygens (including phenoxy) is 1. The van der Waals surface area contributed by atoms with Gasteiger partial charge >= 0.3 is 5.97 Å². The van der Waals surface area contributed by atoms with Crippen molar-refractivity contribution in [3.05, 3.63) is 143 Å². The Labute approximate surface area is 244 Å². The highest BCUT2D eigenvalue weighted by molar-refractivity contribution is 8.04. The first-order valence-corrected chi connectivity index (χ1v) is 14.2. The normalized spacial score (nSPS) is 13.2. The maximum absolute atomic E-state index is 14.2. The molecule has 5 rings (SSSR count). The minimum absolute atomic E-state index is 0.256. The van der Waals surface area contributed by atoms with Crippen LogP contribution in [0.3, 0.4) is 0 Å². The van der Waals surface area contributed by atoms with Gasteiger partial charge in [-0.3, -0.25) is 9.59 Å². The second kappa shape index (κ2) is 12.7. The lowest BCUT2D eigenvalue weighted by molar-refractivity contribution is -0.121. The lowest BCUT2D eigenvalue weighted by Crippen LogP contribution is -2.35. The number of imide groups is 1. The zero-order valence-electron chi connectivity index (χ0n) is 22.9. The predicted octanol–water partition coefficient (Wildman–Crippen LogP) is 6.83. The highest BCUT2D eigenvalue weighted by atomic mass is 32.2. The van der Waals surface area contributed by atoms with Crippen LogP contribution in [0.5, 0.6) is 0 Å². The fraction of sp³-hybridized carbons (Fsp3) is 0.147. The molecule has 41 heavy (non-hydrogen) atoms. The van der Waals surface area contributed by atoms with E-state index in [1.54, 1.807) is 38.1 Å². The number of hydrogen-bond donors (Lipinski definition) is 0. The average molecular weight is 563 g/mol. The monoisotopic (exact) mass is 562 g/mol. The zero-order valence-corrected chi connectivity index (χ0v) is 23.7. The Morgan fingerprint density at radius 1 is 0.732 bits per heavy atom. The van der Waals surface area contributed by atoms with Crippen LogP contribution in [-0.4, -0.2) is 28.8 Å². The number of nitrogens with zero attached hydrogens (tertiary/aromatic N) is 2. The molecule has 2 amide bonds. The molecule has 0 atom stereocenters. The van der Waals surface area contributed by atoms with Gasteiger partial charge in [0.05, 0.1) is 17.4 Å². The molecule has 0 bridgehead atoms. The SMILES string of the molecule is CC(C)OC(=O)c1ccc(N2C(=O)C(Sc3ccccc3)=C(N(Cc3ccccc3)Cc3ccccc3)C2=O)cc1. The molecule has 0 radical (unpaired) electrons. The van der Waals surface area contributed by atoms with Crippen molar-refractivity contribution < 1.29 is 19.1 Å². The Bertz CT molecular complexity index is 1510. The Kier molecular flexibility index (Phi) is 8.65. The van der Waals surface area contributed by atoms with E-state index in [9.17, 15) is 14.4 Å². The molecule has 1 aliphatic rings. The molecule has 0 aromatic heterocycles. The van der Waals surface area contributed by atoms with Gasteiger partial charge in [0.2, 0.25) is 0 Å². The summed E-state index contributed by atoms with van der Waals surface area (Å²) in [6.45, 7) is 4.45. The topological polar surface area (TPSA) is 66.9 Å². The molecule has 4 aromatic carbocycles. The lowest BCUT2D eigenvalue weighted by Gasteiger charge is -2.26. The maximum atomic E-state index is 14.2. The van der Waals surface area contributed by atoms with Crippen molar-refractivity contribution in [2.24, 2.45) is 0 Å². The number of thioether (sulfide) groups is 1. The molecule has 6 nitrogen and oxygen atoms in total. The standard InChI is InChI=1S/C34H30N2O4S/c1-24(2)40-34(39)27-18-20-28(21-19-27)36-32(37)30(31(33(36)38)41-29-16-10-5-11-17-29)35(22-25-12-6-3-7-13-25)23-26-14-8-4-9-15-26/h3-21,24H,22-23H2,1-2H3. The summed E-state index contributed by atoms with van der Waals surface area (Å²) in [5.74, 6) is -1.26. The molecular formula is C34H30N2O4S. The van der Waals surface area contributed by atoms with Crippen molar-refractivity contribution in [2.75, 3.05) is 4.90 Å². The summed E-state index contributed by atoms with van der Waals surface area (Å²) < 4.78 is 5.28. The molecule has 0 N–H and O–H groups in total. The van der Waals surface area contributed by atoms with Gasteiger partial charge in [-0.2, -0.15) is 0 Å². The van der Waals surface area contributed by atoms with Crippen molar-refractivity contribution in [1.82, 2.24) is 4.90 Å². The van der Waals surface area contributed by atoms with Crippen molar-refractivity contribution in [2.45, 2.75) is 37.9 Å². The first-order valence-electron chi connectivity index (χ1n) is 13.4. The van der Waals surface area contributed by atoms with E-state index in [4.69, 9.17) is 4.74 Å². The van der Waals surface area contributed by atoms with Gasteiger partial charge in [0.25, 0.3) is 11.8 Å². The molecule has 1 heterocycles. The molecular weight excluding hydrogens is 532 g/mol. The quantitative estimate of drug-likeness (QED) is 0.156. The van der Waals surface area contributed by atoms with Gasteiger partial charge in [-0.1, -0.05) is 90.6 Å². The number of esters is 1. The van der Waals surface area contributed by atoms with Crippen LogP contribution >= 0.6 is 11.8 Å². The summed E-state index contributed by atoms with van der Waals surface area (Å²) in [5, 5.41) is 0. The smallest absolute Gasteiger partial charge is 0.338 e. The summed E-state index contributed by atoms with van der Waals surface area (Å²) in [7, 11) is 0. The number of benzene rings is 4. The van der Waals surface area contributed by atoms with Gasteiger partial charge < -0.3 is 9.64 Å². The summed E-state index contributed by atoms with van der Waals surface area (Å²) >= 11 is 1.29. The van der Waals surface area contributed by atoms with Gasteiger partial charge in [0.15, 0.2) is 0 Å². The highest BCUT2D eigenvalue weighted by Gasteiger charge is 2.42. The summed E-state index contributed by atoms with van der Waals surface area (Å²) in [5.41, 5.74) is 3.13. The molecule has 0 saturated heterocycles. The maximum Gasteiger partial charge on any atom is 0.338 e. The van der Waals surface area contributed by atoms with Crippen molar-refractivity contribution >= 4 is 35.2 Å². The fourth-order valence-electron chi connectivity index (χ4n) is 4.56. The van der Waals surface area contributed by atoms with Gasteiger partial charge in [0.1, 0.15) is 10.6 Å². The van der Waals surface area contributed by atoms with Crippen LogP contribution in [0.25, 0.3) is 0 Å². The molecule has 0 spiro atoms. The number of carbonyl (C=O) groups is 3. The Morgan fingerprint density at radius 2 is 1.24 bits per heavy atom.